The summed E-state index contributed by atoms with van der Waals surface area (Å²) in [6.07, 6.45) is 0. The van der Waals surface area contributed by atoms with E-state index in [1.54, 1.807) is 12.1 Å². The molecule has 0 amide bonds. The monoisotopic (exact) mass is 503 g/mol. The van der Waals surface area contributed by atoms with E-state index in [1.807, 2.05) is 51.0 Å². The second-order valence-electron chi connectivity index (χ2n) is 9.01. The summed E-state index contributed by atoms with van der Waals surface area (Å²) in [7, 11) is 5.11. The highest BCUT2D eigenvalue weighted by Gasteiger charge is 2.39. The number of benzene rings is 2. The highest BCUT2D eigenvalue weighted by molar-refractivity contribution is 5.96. The van der Waals surface area contributed by atoms with Gasteiger partial charge in [-0.2, -0.15) is 4.98 Å². The van der Waals surface area contributed by atoms with E-state index in [1.165, 1.54) is 19.2 Å². The van der Waals surface area contributed by atoms with Crippen molar-refractivity contribution in [2.45, 2.75) is 32.9 Å². The molecule has 1 aliphatic rings. The Kier molecular flexibility index (Phi) is 7.49. The summed E-state index contributed by atoms with van der Waals surface area (Å²) in [4.78, 5) is 32.6. The standard InChI is InChI=1S/C27H29N5O5/c1-17-23(26-28-22(29-37-26)16-30(3)15-19-10-7-6-8-11-19)25(20-12-9-13-21(14-20)32(34)35)24(27(33)36-5)18(2)31(17)4/h6-14,25H,15-16H2,1-5H3. The summed E-state index contributed by atoms with van der Waals surface area (Å²) in [5, 5.41) is 15.7. The van der Waals surface area contributed by atoms with Crippen LogP contribution in [-0.2, 0) is 22.6 Å². The van der Waals surface area contributed by atoms with Crippen LogP contribution in [0.5, 0.6) is 0 Å². The zero-order chi connectivity index (χ0) is 26.7. The Bertz CT molecular complexity index is 1380. The molecule has 10 nitrogen and oxygen atoms in total. The number of non-ortho nitro benzene ring substituents is 1. The minimum Gasteiger partial charge on any atom is -0.466 e. The molecule has 0 saturated carbocycles. The van der Waals surface area contributed by atoms with Crippen LogP contribution in [0.15, 0.2) is 76.1 Å². The molecule has 0 radical (unpaired) electrons. The highest BCUT2D eigenvalue weighted by Crippen LogP contribution is 2.46. The fourth-order valence-corrected chi connectivity index (χ4v) is 4.60. The van der Waals surface area contributed by atoms with Gasteiger partial charge in [-0.25, -0.2) is 4.79 Å². The molecule has 0 N–H and O–H groups in total. The molecule has 2 heterocycles. The third-order valence-corrected chi connectivity index (χ3v) is 6.59. The normalized spacial score (nSPS) is 15.9. The van der Waals surface area contributed by atoms with Crippen molar-refractivity contribution in [1.82, 2.24) is 19.9 Å². The van der Waals surface area contributed by atoms with Crippen molar-refractivity contribution in [1.29, 1.82) is 0 Å². The van der Waals surface area contributed by atoms with Crippen LogP contribution in [0, 0.1) is 10.1 Å². The molecule has 192 valence electrons. The van der Waals surface area contributed by atoms with Gasteiger partial charge in [0.15, 0.2) is 5.82 Å². The molecule has 2 aromatic carbocycles. The van der Waals surface area contributed by atoms with Crippen molar-refractivity contribution >= 4 is 17.2 Å². The SMILES string of the molecule is COC(=O)C1=C(C)N(C)C(C)=C(c2nc(CN(C)Cc3ccccc3)no2)C1c1cccc([N+](=O)[O-])c1. The first kappa shape index (κ1) is 25.8. The van der Waals surface area contributed by atoms with E-state index in [2.05, 4.69) is 27.2 Å². The Morgan fingerprint density at radius 3 is 2.54 bits per heavy atom. The van der Waals surface area contributed by atoms with Crippen LogP contribution >= 0.6 is 0 Å². The Hall–Kier alpha value is -4.31. The topological polar surface area (TPSA) is 115 Å². The number of hydrogen-bond donors (Lipinski definition) is 0. The maximum atomic E-state index is 13.0. The highest BCUT2D eigenvalue weighted by atomic mass is 16.6. The molecule has 0 fully saturated rings. The molecule has 4 rings (SSSR count). The van der Waals surface area contributed by atoms with Gasteiger partial charge in [0.1, 0.15) is 0 Å². The number of nitro groups is 1. The van der Waals surface area contributed by atoms with Crippen molar-refractivity contribution in [3.8, 4) is 0 Å². The number of allylic oxidation sites excluding steroid dienone is 3. The third-order valence-electron chi connectivity index (χ3n) is 6.59. The first-order valence-electron chi connectivity index (χ1n) is 11.7. The average molecular weight is 504 g/mol. The molecule has 1 aliphatic heterocycles. The van der Waals surface area contributed by atoms with Crippen molar-refractivity contribution in [3.05, 3.63) is 105 Å². The average Bonchev–Trinajstić information content (AvgIpc) is 3.34. The molecular weight excluding hydrogens is 474 g/mol. The van der Waals surface area contributed by atoms with Crippen LogP contribution in [0.3, 0.4) is 0 Å². The van der Waals surface area contributed by atoms with E-state index >= 15 is 0 Å². The van der Waals surface area contributed by atoms with Crippen molar-refractivity contribution in [2.24, 2.45) is 0 Å². The summed E-state index contributed by atoms with van der Waals surface area (Å²) in [5.74, 6) is -0.495. The van der Waals surface area contributed by atoms with Gasteiger partial charge >= 0.3 is 5.97 Å². The van der Waals surface area contributed by atoms with Gasteiger partial charge in [-0.15, -0.1) is 0 Å². The van der Waals surface area contributed by atoms with Gasteiger partial charge in [0.2, 0.25) is 0 Å². The lowest BCUT2D eigenvalue weighted by Crippen LogP contribution is -2.29. The zero-order valence-corrected chi connectivity index (χ0v) is 21.5. The Labute approximate surface area is 215 Å². The quantitative estimate of drug-likeness (QED) is 0.249. The summed E-state index contributed by atoms with van der Waals surface area (Å²) in [6, 6.07) is 16.3. The number of carbonyl (C=O) groups is 1. The number of ether oxygens (including phenoxy) is 1. The third kappa shape index (κ3) is 5.29. The molecule has 10 heteroatoms. The summed E-state index contributed by atoms with van der Waals surface area (Å²) in [6.45, 7) is 4.86. The number of esters is 1. The molecule has 0 aliphatic carbocycles. The predicted octanol–water partition coefficient (Wildman–Crippen LogP) is 4.52. The Morgan fingerprint density at radius 1 is 1.14 bits per heavy atom. The fraction of sp³-hybridized carbons (Fsp3) is 0.296. The lowest BCUT2D eigenvalue weighted by atomic mass is 9.79. The minimum atomic E-state index is -0.695. The van der Waals surface area contributed by atoms with E-state index in [0.29, 0.717) is 41.3 Å². The first-order chi connectivity index (χ1) is 17.7. The van der Waals surface area contributed by atoms with Gasteiger partial charge in [-0.3, -0.25) is 15.0 Å². The smallest absolute Gasteiger partial charge is 0.336 e. The van der Waals surface area contributed by atoms with Crippen LogP contribution in [0.4, 0.5) is 5.69 Å². The largest absolute Gasteiger partial charge is 0.466 e. The van der Waals surface area contributed by atoms with E-state index < -0.39 is 16.8 Å². The summed E-state index contributed by atoms with van der Waals surface area (Å²) >= 11 is 0. The van der Waals surface area contributed by atoms with Gasteiger partial charge in [0.05, 0.1) is 30.1 Å². The van der Waals surface area contributed by atoms with Crippen molar-refractivity contribution < 1.29 is 19.0 Å². The summed E-state index contributed by atoms with van der Waals surface area (Å²) < 4.78 is 10.8. The molecule has 0 saturated heterocycles. The van der Waals surface area contributed by atoms with Crippen LogP contribution in [0.25, 0.3) is 5.57 Å². The number of carbonyl (C=O) groups excluding carboxylic acids is 1. The van der Waals surface area contributed by atoms with Gasteiger partial charge in [0, 0.05) is 42.7 Å². The number of rotatable bonds is 8. The molecule has 0 bridgehead atoms. The lowest BCUT2D eigenvalue weighted by molar-refractivity contribution is -0.384. The second-order valence-corrected chi connectivity index (χ2v) is 9.01. The van der Waals surface area contributed by atoms with Crippen LogP contribution in [0.1, 0.15) is 42.6 Å². The van der Waals surface area contributed by atoms with Gasteiger partial charge in [-0.05, 0) is 32.0 Å². The van der Waals surface area contributed by atoms with E-state index in [4.69, 9.17) is 9.26 Å². The molecule has 1 atom stereocenters. The van der Waals surface area contributed by atoms with Crippen molar-refractivity contribution in [3.63, 3.8) is 0 Å². The van der Waals surface area contributed by atoms with E-state index in [9.17, 15) is 14.9 Å². The molecular formula is C27H29N5O5. The summed E-state index contributed by atoms with van der Waals surface area (Å²) in [5.41, 5.74) is 4.04. The second kappa shape index (κ2) is 10.8. The number of aromatic nitrogens is 2. The Balaban J connectivity index is 1.74. The van der Waals surface area contributed by atoms with Crippen LogP contribution < -0.4 is 0 Å². The molecule has 3 aromatic rings. The van der Waals surface area contributed by atoms with Crippen LogP contribution in [-0.4, -0.2) is 52.0 Å². The van der Waals surface area contributed by atoms with Gasteiger partial charge in [-0.1, -0.05) is 47.6 Å². The lowest BCUT2D eigenvalue weighted by Gasteiger charge is -2.35. The predicted molar refractivity (Wildman–Crippen MR) is 137 cm³/mol. The molecule has 0 spiro atoms. The first-order valence-corrected chi connectivity index (χ1v) is 11.7. The number of nitrogens with zero attached hydrogens (tertiary/aromatic N) is 5. The molecule has 1 unspecified atom stereocenters. The van der Waals surface area contributed by atoms with Crippen LogP contribution in [0.2, 0.25) is 0 Å². The van der Waals surface area contributed by atoms with Gasteiger partial charge in [0.25, 0.3) is 11.6 Å². The Morgan fingerprint density at radius 2 is 1.86 bits per heavy atom. The minimum absolute atomic E-state index is 0.0796. The molecule has 37 heavy (non-hydrogen) atoms. The van der Waals surface area contributed by atoms with E-state index in [0.717, 1.165) is 11.3 Å². The maximum absolute atomic E-state index is 13.0. The number of nitro benzene ring substituents is 1. The number of methoxy groups -OCH3 is 1. The fourth-order valence-electron chi connectivity index (χ4n) is 4.60. The van der Waals surface area contributed by atoms with E-state index in [-0.39, 0.29) is 11.6 Å². The number of hydrogen-bond acceptors (Lipinski definition) is 9. The van der Waals surface area contributed by atoms with Gasteiger partial charge < -0.3 is 14.2 Å². The zero-order valence-electron chi connectivity index (χ0n) is 21.5. The maximum Gasteiger partial charge on any atom is 0.336 e. The molecule has 1 aromatic heterocycles. The van der Waals surface area contributed by atoms with Crippen molar-refractivity contribution in [2.75, 3.05) is 21.2 Å².